The lowest BCUT2D eigenvalue weighted by Gasteiger charge is -2.12. The highest BCUT2D eigenvalue weighted by atomic mass is 16.5. The maximum Gasteiger partial charge on any atom is 0.259 e. The van der Waals surface area contributed by atoms with E-state index in [4.69, 9.17) is 4.74 Å². The Morgan fingerprint density at radius 2 is 2.04 bits per heavy atom. The maximum atomic E-state index is 12.5. The summed E-state index contributed by atoms with van der Waals surface area (Å²) < 4.78 is 7.43. The molecule has 2 aromatic heterocycles. The smallest absolute Gasteiger partial charge is 0.259 e. The van der Waals surface area contributed by atoms with Crippen molar-refractivity contribution in [3.8, 4) is 5.75 Å². The Hall–Kier alpha value is -3.22. The van der Waals surface area contributed by atoms with Crippen LogP contribution >= 0.6 is 0 Å². The third-order valence-electron chi connectivity index (χ3n) is 3.36. The minimum Gasteiger partial charge on any atom is -0.491 e. The van der Waals surface area contributed by atoms with Crippen LogP contribution in [0.1, 0.15) is 15.9 Å². The Bertz CT molecular complexity index is 803. The zero-order chi connectivity index (χ0) is 16.8. The summed E-state index contributed by atoms with van der Waals surface area (Å²) in [6.07, 6.45) is 6.35. The van der Waals surface area contributed by atoms with Gasteiger partial charge in [0.15, 0.2) is 0 Å². The number of ether oxygens (including phenoxy) is 1. The van der Waals surface area contributed by atoms with E-state index in [9.17, 15) is 4.79 Å². The summed E-state index contributed by atoms with van der Waals surface area (Å²) in [6.45, 7) is 2.88. The van der Waals surface area contributed by atoms with Crippen molar-refractivity contribution in [3.63, 3.8) is 0 Å². The van der Waals surface area contributed by atoms with Crippen molar-refractivity contribution in [2.45, 2.75) is 13.5 Å². The van der Waals surface area contributed by atoms with Gasteiger partial charge in [0.25, 0.3) is 5.91 Å². The first-order valence-corrected chi connectivity index (χ1v) is 7.49. The van der Waals surface area contributed by atoms with E-state index in [2.05, 4.69) is 20.4 Å². The normalized spacial score (nSPS) is 10.4. The van der Waals surface area contributed by atoms with E-state index >= 15 is 0 Å². The van der Waals surface area contributed by atoms with Crippen molar-refractivity contribution in [2.75, 3.05) is 11.9 Å². The Kier molecular flexibility index (Phi) is 4.81. The SMILES string of the molecule is Cc1ccc(OCCn2cncn2)c(C(=O)Nc2ccncc2)c1. The van der Waals surface area contributed by atoms with E-state index in [1.165, 1.54) is 6.33 Å². The molecule has 2 heterocycles. The predicted octanol–water partition coefficient (Wildman–Crippen LogP) is 2.31. The molecule has 1 aromatic carbocycles. The lowest BCUT2D eigenvalue weighted by atomic mass is 10.1. The van der Waals surface area contributed by atoms with E-state index in [0.29, 0.717) is 30.2 Å². The van der Waals surface area contributed by atoms with Crippen molar-refractivity contribution >= 4 is 11.6 Å². The number of anilines is 1. The molecule has 7 heteroatoms. The molecule has 0 aliphatic heterocycles. The van der Waals surface area contributed by atoms with Gasteiger partial charge in [0.2, 0.25) is 0 Å². The van der Waals surface area contributed by atoms with Crippen molar-refractivity contribution < 1.29 is 9.53 Å². The second-order valence-electron chi connectivity index (χ2n) is 5.20. The Labute approximate surface area is 139 Å². The molecule has 1 N–H and O–H groups in total. The number of amides is 1. The summed E-state index contributed by atoms with van der Waals surface area (Å²) in [4.78, 5) is 20.4. The molecule has 1 amide bonds. The first-order valence-electron chi connectivity index (χ1n) is 7.49. The van der Waals surface area contributed by atoms with Gasteiger partial charge < -0.3 is 10.1 Å². The van der Waals surface area contributed by atoms with Gasteiger partial charge in [-0.05, 0) is 31.2 Å². The van der Waals surface area contributed by atoms with Crippen LogP contribution in [-0.4, -0.2) is 32.3 Å². The molecule has 3 rings (SSSR count). The summed E-state index contributed by atoms with van der Waals surface area (Å²) in [5.41, 5.74) is 2.16. The molecular formula is C17H17N5O2. The third kappa shape index (κ3) is 3.95. The second kappa shape index (κ2) is 7.36. The lowest BCUT2D eigenvalue weighted by molar-refractivity contribution is 0.102. The van der Waals surface area contributed by atoms with Gasteiger partial charge >= 0.3 is 0 Å². The molecule has 0 atom stereocenters. The van der Waals surface area contributed by atoms with E-state index in [0.717, 1.165) is 5.56 Å². The van der Waals surface area contributed by atoms with Crippen LogP contribution < -0.4 is 10.1 Å². The standard InChI is InChI=1S/C17H17N5O2/c1-13-2-3-16(24-9-8-22-12-19-11-20-22)15(10-13)17(23)21-14-4-6-18-7-5-14/h2-7,10-12H,8-9H2,1H3,(H,18,21,23). The molecule has 0 radical (unpaired) electrons. The van der Waals surface area contributed by atoms with Crippen LogP contribution in [-0.2, 0) is 6.54 Å². The topological polar surface area (TPSA) is 81.9 Å². The van der Waals surface area contributed by atoms with Gasteiger partial charge in [-0.1, -0.05) is 11.6 Å². The Balaban J connectivity index is 1.71. The number of hydrogen-bond acceptors (Lipinski definition) is 5. The first kappa shape index (κ1) is 15.7. The van der Waals surface area contributed by atoms with Crippen LogP contribution in [0.25, 0.3) is 0 Å². The number of aryl methyl sites for hydroxylation is 1. The van der Waals surface area contributed by atoms with E-state index in [-0.39, 0.29) is 5.91 Å². The summed E-state index contributed by atoms with van der Waals surface area (Å²) in [6, 6.07) is 8.99. The van der Waals surface area contributed by atoms with Crippen molar-refractivity contribution in [1.82, 2.24) is 19.7 Å². The van der Waals surface area contributed by atoms with Crippen molar-refractivity contribution in [2.24, 2.45) is 0 Å². The summed E-state index contributed by atoms with van der Waals surface area (Å²) in [7, 11) is 0. The van der Waals surface area contributed by atoms with Gasteiger partial charge in [0, 0.05) is 18.1 Å². The fourth-order valence-electron chi connectivity index (χ4n) is 2.18. The highest BCUT2D eigenvalue weighted by molar-refractivity contribution is 6.06. The number of benzene rings is 1. The predicted molar refractivity (Wildman–Crippen MR) is 88.9 cm³/mol. The van der Waals surface area contributed by atoms with E-state index in [1.54, 1.807) is 47.7 Å². The number of nitrogens with zero attached hydrogens (tertiary/aromatic N) is 4. The number of rotatable bonds is 6. The third-order valence-corrected chi connectivity index (χ3v) is 3.36. The van der Waals surface area contributed by atoms with Gasteiger partial charge in [0.05, 0.1) is 12.1 Å². The fraction of sp³-hybridized carbons (Fsp3) is 0.176. The second-order valence-corrected chi connectivity index (χ2v) is 5.20. The van der Waals surface area contributed by atoms with Gasteiger partial charge in [0.1, 0.15) is 25.0 Å². The molecular weight excluding hydrogens is 306 g/mol. The molecule has 122 valence electrons. The summed E-state index contributed by atoms with van der Waals surface area (Å²) in [5, 5.41) is 6.86. The number of hydrogen-bond donors (Lipinski definition) is 1. The van der Waals surface area contributed by atoms with Crippen LogP contribution in [0, 0.1) is 6.92 Å². The maximum absolute atomic E-state index is 12.5. The van der Waals surface area contributed by atoms with Crippen molar-refractivity contribution in [1.29, 1.82) is 0 Å². The zero-order valence-electron chi connectivity index (χ0n) is 13.2. The highest BCUT2D eigenvalue weighted by Crippen LogP contribution is 2.21. The fourth-order valence-corrected chi connectivity index (χ4v) is 2.18. The highest BCUT2D eigenvalue weighted by Gasteiger charge is 2.13. The first-order chi connectivity index (χ1) is 11.7. The number of aromatic nitrogens is 4. The van der Waals surface area contributed by atoms with Crippen LogP contribution in [0.3, 0.4) is 0 Å². The molecule has 0 aliphatic carbocycles. The molecule has 7 nitrogen and oxygen atoms in total. The molecule has 24 heavy (non-hydrogen) atoms. The van der Waals surface area contributed by atoms with Crippen LogP contribution in [0.4, 0.5) is 5.69 Å². The lowest BCUT2D eigenvalue weighted by Crippen LogP contribution is -2.15. The van der Waals surface area contributed by atoms with Gasteiger partial charge in [-0.25, -0.2) is 9.67 Å². The summed E-state index contributed by atoms with van der Waals surface area (Å²) >= 11 is 0. The van der Waals surface area contributed by atoms with E-state index in [1.807, 2.05) is 13.0 Å². The zero-order valence-corrected chi connectivity index (χ0v) is 13.2. The number of carbonyl (C=O) groups is 1. The van der Waals surface area contributed by atoms with Crippen LogP contribution in [0.2, 0.25) is 0 Å². The molecule has 0 aliphatic rings. The van der Waals surface area contributed by atoms with Crippen LogP contribution in [0.15, 0.2) is 55.4 Å². The van der Waals surface area contributed by atoms with E-state index < -0.39 is 0 Å². The quantitative estimate of drug-likeness (QED) is 0.753. The number of pyridine rings is 1. The van der Waals surface area contributed by atoms with Crippen molar-refractivity contribution in [3.05, 3.63) is 66.5 Å². The minimum absolute atomic E-state index is 0.222. The average Bonchev–Trinajstić information content (AvgIpc) is 3.10. The number of carbonyl (C=O) groups excluding carboxylic acids is 1. The van der Waals surface area contributed by atoms with Crippen LogP contribution in [0.5, 0.6) is 5.75 Å². The Morgan fingerprint density at radius 1 is 1.21 bits per heavy atom. The van der Waals surface area contributed by atoms with Gasteiger partial charge in [-0.15, -0.1) is 0 Å². The Morgan fingerprint density at radius 3 is 2.79 bits per heavy atom. The number of nitrogens with one attached hydrogen (secondary N) is 1. The molecule has 0 bridgehead atoms. The molecule has 0 saturated heterocycles. The molecule has 3 aromatic rings. The minimum atomic E-state index is -0.222. The molecule has 0 saturated carbocycles. The summed E-state index contributed by atoms with van der Waals surface area (Å²) in [5.74, 6) is 0.313. The molecule has 0 unspecified atom stereocenters. The average molecular weight is 323 g/mol. The van der Waals surface area contributed by atoms with Gasteiger partial charge in [-0.3, -0.25) is 9.78 Å². The molecule has 0 spiro atoms. The largest absolute Gasteiger partial charge is 0.491 e. The molecule has 0 fully saturated rings. The monoisotopic (exact) mass is 323 g/mol. The van der Waals surface area contributed by atoms with Gasteiger partial charge in [-0.2, -0.15) is 5.10 Å².